The van der Waals surface area contributed by atoms with E-state index in [1.54, 1.807) is 23.1 Å². The van der Waals surface area contributed by atoms with Gasteiger partial charge in [0.1, 0.15) is 5.82 Å². The molecule has 0 spiro atoms. The van der Waals surface area contributed by atoms with Crippen LogP contribution in [-0.2, 0) is 18.4 Å². The molecule has 0 bridgehead atoms. The van der Waals surface area contributed by atoms with Crippen molar-refractivity contribution < 1.29 is 9.53 Å². The molecule has 1 unspecified atom stereocenters. The molecule has 1 amide bonds. The van der Waals surface area contributed by atoms with E-state index in [2.05, 4.69) is 34.5 Å². The second kappa shape index (κ2) is 8.67. The number of aryl methyl sites for hydroxylation is 2. The molecule has 2 atom stereocenters. The van der Waals surface area contributed by atoms with Crippen LogP contribution in [0.4, 0.5) is 5.82 Å². The lowest BCUT2D eigenvalue weighted by atomic mass is 10.1. The highest BCUT2D eigenvalue weighted by molar-refractivity contribution is 5.99. The number of anilines is 1. The first-order valence-corrected chi connectivity index (χ1v) is 10.2. The minimum Gasteiger partial charge on any atom is -0.383 e. The van der Waals surface area contributed by atoms with Crippen molar-refractivity contribution in [1.82, 2.24) is 20.1 Å². The van der Waals surface area contributed by atoms with Crippen molar-refractivity contribution in [2.24, 2.45) is 7.05 Å². The van der Waals surface area contributed by atoms with Gasteiger partial charge in [-0.15, -0.1) is 0 Å². The summed E-state index contributed by atoms with van der Waals surface area (Å²) in [7, 11) is 1.85. The molecule has 3 N–H and O–H groups in total. The van der Waals surface area contributed by atoms with E-state index < -0.39 is 0 Å². The third kappa shape index (κ3) is 4.36. The molecule has 1 aliphatic rings. The molecule has 2 heterocycles. The van der Waals surface area contributed by atoms with Crippen molar-refractivity contribution in [1.29, 1.82) is 0 Å². The van der Waals surface area contributed by atoms with Gasteiger partial charge in [-0.05, 0) is 43.4 Å². The van der Waals surface area contributed by atoms with Gasteiger partial charge >= 0.3 is 0 Å². The number of hydrogen-bond acceptors (Lipinski definition) is 5. The average Bonchev–Trinajstić information content (AvgIpc) is 3.36. The van der Waals surface area contributed by atoms with Crippen LogP contribution in [0.3, 0.4) is 0 Å². The number of nitrogens with two attached hydrogens (primary N) is 1. The number of nitrogens with zero attached hydrogens (tertiary/aromatic N) is 3. The van der Waals surface area contributed by atoms with Crippen LogP contribution in [0, 0.1) is 6.92 Å². The Morgan fingerprint density at radius 2 is 2.10 bits per heavy atom. The van der Waals surface area contributed by atoms with Crippen LogP contribution in [0.25, 0.3) is 11.1 Å². The monoisotopic (exact) mass is 405 g/mol. The Kier molecular flexibility index (Phi) is 5.81. The summed E-state index contributed by atoms with van der Waals surface area (Å²) in [5.41, 5.74) is 10.5. The number of nitrogens with one attached hydrogen (secondary N) is 1. The van der Waals surface area contributed by atoms with Crippen molar-refractivity contribution in [3.63, 3.8) is 0 Å². The maximum Gasteiger partial charge on any atom is 0.255 e. The molecule has 7 heteroatoms. The smallest absolute Gasteiger partial charge is 0.255 e. The summed E-state index contributed by atoms with van der Waals surface area (Å²) in [5.74, 6) is -0.00218. The molecule has 0 radical (unpaired) electrons. The van der Waals surface area contributed by atoms with E-state index in [1.165, 1.54) is 11.1 Å². The van der Waals surface area contributed by atoms with Gasteiger partial charge in [0.25, 0.3) is 5.91 Å². The Morgan fingerprint density at radius 3 is 2.87 bits per heavy atom. The number of amides is 1. The number of carbonyl (C=O) groups excluding carboxylic acids is 1. The van der Waals surface area contributed by atoms with Crippen LogP contribution in [0.15, 0.2) is 48.9 Å². The van der Waals surface area contributed by atoms with Gasteiger partial charge in [0, 0.05) is 30.6 Å². The molecule has 0 aliphatic heterocycles. The zero-order valence-corrected chi connectivity index (χ0v) is 17.3. The first-order valence-electron chi connectivity index (χ1n) is 10.2. The zero-order valence-electron chi connectivity index (χ0n) is 17.3. The number of pyridine rings is 1. The Hall–Kier alpha value is -3.19. The van der Waals surface area contributed by atoms with Gasteiger partial charge in [0.05, 0.1) is 30.5 Å². The molecule has 3 aromatic rings. The van der Waals surface area contributed by atoms with Crippen LogP contribution < -0.4 is 11.1 Å². The number of carbonyl (C=O) groups is 1. The summed E-state index contributed by atoms with van der Waals surface area (Å²) in [5, 5.41) is 7.29. The molecule has 1 saturated carbocycles. The lowest BCUT2D eigenvalue weighted by Crippen LogP contribution is -2.41. The first kappa shape index (κ1) is 20.1. The molecule has 0 saturated heterocycles. The van der Waals surface area contributed by atoms with Crippen LogP contribution in [0.5, 0.6) is 0 Å². The van der Waals surface area contributed by atoms with E-state index in [0.29, 0.717) is 12.2 Å². The highest BCUT2D eigenvalue weighted by Gasteiger charge is 2.30. The second-order valence-corrected chi connectivity index (χ2v) is 7.85. The molecular weight excluding hydrogens is 378 g/mol. The summed E-state index contributed by atoms with van der Waals surface area (Å²) in [6.45, 7) is 2.63. The van der Waals surface area contributed by atoms with Gasteiger partial charge in [0.15, 0.2) is 0 Å². The van der Waals surface area contributed by atoms with Crippen LogP contribution >= 0.6 is 0 Å². The van der Waals surface area contributed by atoms with E-state index >= 15 is 0 Å². The van der Waals surface area contributed by atoms with Crippen molar-refractivity contribution in [2.45, 2.75) is 44.9 Å². The fourth-order valence-electron chi connectivity index (χ4n) is 3.89. The highest BCUT2D eigenvalue weighted by atomic mass is 16.5. The summed E-state index contributed by atoms with van der Waals surface area (Å²) in [6, 6.07) is 9.93. The number of hydrogen-bond donors (Lipinski definition) is 2. The molecule has 1 aliphatic carbocycles. The molecule has 1 fully saturated rings. The van der Waals surface area contributed by atoms with Gasteiger partial charge in [-0.1, -0.05) is 24.3 Å². The molecular formula is C23H27N5O2. The van der Waals surface area contributed by atoms with Crippen molar-refractivity contribution >= 4 is 11.7 Å². The van der Waals surface area contributed by atoms with Gasteiger partial charge in [-0.2, -0.15) is 5.10 Å². The Morgan fingerprint density at radius 1 is 1.27 bits per heavy atom. The normalized spacial score (nSPS) is 18.5. The first-order chi connectivity index (χ1) is 14.5. The molecule has 156 valence electrons. The minimum absolute atomic E-state index is 0.00996. The predicted octanol–water partition coefficient (Wildman–Crippen LogP) is 3.24. The number of nitrogen functional groups attached to an aromatic ring is 1. The van der Waals surface area contributed by atoms with Crippen LogP contribution in [0.2, 0.25) is 0 Å². The minimum atomic E-state index is -0.220. The lowest BCUT2D eigenvalue weighted by Gasteiger charge is -2.22. The van der Waals surface area contributed by atoms with Crippen LogP contribution in [-0.4, -0.2) is 32.8 Å². The zero-order chi connectivity index (χ0) is 21.1. The van der Waals surface area contributed by atoms with Crippen molar-refractivity contribution in [3.05, 3.63) is 65.6 Å². The van der Waals surface area contributed by atoms with Crippen molar-refractivity contribution in [3.8, 4) is 11.1 Å². The standard InChI is InChI=1S/C23H27N5O2/c1-15-6-3-4-7-16(15)14-30-21-9-5-8-20(21)27-23(29)19-10-17(11-25-22(19)24)18-12-26-28(2)13-18/h3-4,6-7,10-13,20-21H,5,8-9,14H2,1-2H3,(H2,24,25)(H,27,29)/t20-,21?/m0/s1. The van der Waals surface area contributed by atoms with E-state index in [0.717, 1.165) is 30.4 Å². The van der Waals surface area contributed by atoms with E-state index in [1.807, 2.05) is 25.4 Å². The molecule has 2 aromatic heterocycles. The average molecular weight is 406 g/mol. The largest absolute Gasteiger partial charge is 0.383 e. The van der Waals surface area contributed by atoms with Gasteiger partial charge in [0.2, 0.25) is 0 Å². The third-order valence-corrected chi connectivity index (χ3v) is 5.68. The van der Waals surface area contributed by atoms with Gasteiger partial charge < -0.3 is 15.8 Å². The second-order valence-electron chi connectivity index (χ2n) is 7.85. The lowest BCUT2D eigenvalue weighted by molar-refractivity contribution is 0.0270. The maximum absolute atomic E-state index is 13.0. The molecule has 7 nitrogen and oxygen atoms in total. The van der Waals surface area contributed by atoms with E-state index in [4.69, 9.17) is 10.5 Å². The molecule has 1 aromatic carbocycles. The SMILES string of the molecule is Cc1ccccc1COC1CCC[C@@H]1NC(=O)c1cc(-c2cnn(C)c2)cnc1N. The third-order valence-electron chi connectivity index (χ3n) is 5.68. The summed E-state index contributed by atoms with van der Waals surface area (Å²) in [6.07, 6.45) is 8.10. The fraction of sp³-hybridized carbons (Fsp3) is 0.348. The highest BCUT2D eigenvalue weighted by Crippen LogP contribution is 2.26. The fourth-order valence-corrected chi connectivity index (χ4v) is 3.89. The number of aromatic nitrogens is 3. The number of benzene rings is 1. The van der Waals surface area contributed by atoms with E-state index in [9.17, 15) is 4.79 Å². The maximum atomic E-state index is 13.0. The summed E-state index contributed by atoms with van der Waals surface area (Å²) >= 11 is 0. The van der Waals surface area contributed by atoms with Gasteiger partial charge in [-0.25, -0.2) is 4.98 Å². The van der Waals surface area contributed by atoms with E-state index in [-0.39, 0.29) is 23.9 Å². The number of ether oxygens (including phenoxy) is 1. The van der Waals surface area contributed by atoms with Gasteiger partial charge in [-0.3, -0.25) is 9.48 Å². The number of rotatable bonds is 6. The Bertz CT molecular complexity index is 1050. The quantitative estimate of drug-likeness (QED) is 0.656. The topological polar surface area (TPSA) is 95.1 Å². The Balaban J connectivity index is 1.44. The molecule has 4 rings (SSSR count). The molecule has 30 heavy (non-hydrogen) atoms. The van der Waals surface area contributed by atoms with Crippen LogP contribution in [0.1, 0.15) is 40.7 Å². The Labute approximate surface area is 176 Å². The summed E-state index contributed by atoms with van der Waals surface area (Å²) < 4.78 is 7.88. The van der Waals surface area contributed by atoms with Crippen molar-refractivity contribution in [2.75, 3.05) is 5.73 Å². The predicted molar refractivity (Wildman–Crippen MR) is 116 cm³/mol. The summed E-state index contributed by atoms with van der Waals surface area (Å²) in [4.78, 5) is 17.2.